The molecule has 0 spiro atoms. The average Bonchev–Trinajstić information content (AvgIpc) is 2.56. The van der Waals surface area contributed by atoms with Crippen molar-refractivity contribution in [1.82, 2.24) is 15.3 Å². The number of aromatic nitrogens is 2. The van der Waals surface area contributed by atoms with Crippen molar-refractivity contribution >= 4 is 23.2 Å². The number of halogens is 2. The Morgan fingerprint density at radius 1 is 1.38 bits per heavy atom. The molecular weight excluding hydrogens is 365 g/mol. The number of nitrogens with two attached hydrogens (primary N) is 1. The molecule has 0 bridgehead atoms. The van der Waals surface area contributed by atoms with Gasteiger partial charge in [-0.15, -0.1) is 0 Å². The Hall–Kier alpha value is -3.20. The molecule has 0 fully saturated rings. The number of benzene rings is 1. The van der Waals surface area contributed by atoms with Crippen LogP contribution in [-0.4, -0.2) is 31.8 Å². The molecular formula is C16H15ClFN5O3. The number of phenols is 1. The second-order valence-corrected chi connectivity index (χ2v) is 5.72. The highest BCUT2D eigenvalue weighted by Crippen LogP contribution is 2.29. The first-order chi connectivity index (χ1) is 12.1. The Labute approximate surface area is 152 Å². The Morgan fingerprint density at radius 2 is 2.04 bits per heavy atom. The summed E-state index contributed by atoms with van der Waals surface area (Å²) in [4.78, 5) is 19.9. The molecule has 0 aliphatic rings. The molecule has 6 N–H and O–H groups in total. The third-order valence-corrected chi connectivity index (χ3v) is 3.58. The van der Waals surface area contributed by atoms with Crippen LogP contribution in [0.5, 0.6) is 11.6 Å². The first kappa shape index (κ1) is 19.1. The molecule has 0 atom stereocenters. The monoisotopic (exact) mass is 379 g/mol. The zero-order valence-corrected chi connectivity index (χ0v) is 14.5. The number of hydrogen-bond acceptors (Lipinski definition) is 7. The Bertz CT molecular complexity index is 942. The minimum Gasteiger partial charge on any atom is -0.507 e. The van der Waals surface area contributed by atoms with Gasteiger partial charge >= 0.3 is 0 Å². The number of aromatic hydroxyl groups is 2. The maximum atomic E-state index is 14.4. The van der Waals surface area contributed by atoms with Gasteiger partial charge in [-0.1, -0.05) is 11.6 Å². The Balaban J connectivity index is 2.43. The molecule has 136 valence electrons. The van der Waals surface area contributed by atoms with E-state index in [4.69, 9.17) is 22.7 Å². The Morgan fingerprint density at radius 3 is 2.58 bits per heavy atom. The van der Waals surface area contributed by atoms with Crippen molar-refractivity contribution in [3.8, 4) is 22.9 Å². The van der Waals surface area contributed by atoms with Crippen molar-refractivity contribution in [2.75, 3.05) is 0 Å². The lowest BCUT2D eigenvalue weighted by molar-refractivity contribution is 0.0964. The molecule has 8 nitrogen and oxygen atoms in total. The van der Waals surface area contributed by atoms with E-state index in [-0.39, 0.29) is 39.4 Å². The first-order valence-electron chi connectivity index (χ1n) is 7.19. The number of nitrogens with one attached hydrogen (secondary N) is 2. The topological polar surface area (TPSA) is 145 Å². The van der Waals surface area contributed by atoms with Crippen LogP contribution in [0.1, 0.15) is 23.0 Å². The molecule has 1 amide bonds. The van der Waals surface area contributed by atoms with Gasteiger partial charge in [0.15, 0.2) is 0 Å². The fourth-order valence-corrected chi connectivity index (χ4v) is 2.21. The predicted octanol–water partition coefficient (Wildman–Crippen LogP) is 2.14. The fourth-order valence-electron chi connectivity index (χ4n) is 2.02. The number of nitrogens with zero attached hydrogens (tertiary/aromatic N) is 2. The predicted molar refractivity (Wildman–Crippen MR) is 93.4 cm³/mol. The molecule has 0 saturated heterocycles. The lowest BCUT2D eigenvalue weighted by atomic mass is 10.1. The van der Waals surface area contributed by atoms with Crippen molar-refractivity contribution in [2.24, 2.45) is 5.73 Å². The van der Waals surface area contributed by atoms with E-state index in [0.29, 0.717) is 0 Å². The van der Waals surface area contributed by atoms with E-state index < -0.39 is 23.0 Å². The van der Waals surface area contributed by atoms with Crippen LogP contribution in [-0.2, 0) is 0 Å². The van der Waals surface area contributed by atoms with Gasteiger partial charge in [0, 0.05) is 5.56 Å². The highest BCUT2D eigenvalue weighted by molar-refractivity contribution is 6.31. The molecule has 2 rings (SSSR count). The van der Waals surface area contributed by atoms with Crippen LogP contribution < -0.4 is 11.1 Å². The first-order valence-corrected chi connectivity index (χ1v) is 7.57. The van der Waals surface area contributed by atoms with Crippen LogP contribution in [0.4, 0.5) is 4.39 Å². The van der Waals surface area contributed by atoms with Crippen LogP contribution in [0.2, 0.25) is 0 Å². The van der Waals surface area contributed by atoms with E-state index in [1.165, 1.54) is 20.0 Å². The van der Waals surface area contributed by atoms with Gasteiger partial charge in [0.25, 0.3) is 5.91 Å². The number of rotatable bonds is 4. The molecule has 2 aromatic rings. The summed E-state index contributed by atoms with van der Waals surface area (Å²) in [5, 5.41) is 29.1. The second kappa shape index (κ2) is 7.36. The van der Waals surface area contributed by atoms with E-state index in [9.17, 15) is 19.4 Å². The van der Waals surface area contributed by atoms with Crippen LogP contribution in [0, 0.1) is 18.2 Å². The minimum atomic E-state index is -0.906. The fraction of sp³-hybridized carbons (Fsp3) is 0.125. The highest BCUT2D eigenvalue weighted by Gasteiger charge is 2.20. The van der Waals surface area contributed by atoms with E-state index in [1.54, 1.807) is 0 Å². The average molecular weight is 380 g/mol. The number of hydrogen-bond donors (Lipinski definition) is 5. The maximum absolute atomic E-state index is 14.4. The summed E-state index contributed by atoms with van der Waals surface area (Å²) in [5.41, 5.74) is 4.79. The van der Waals surface area contributed by atoms with E-state index in [1.807, 2.05) is 0 Å². The second-order valence-electron chi connectivity index (χ2n) is 5.32. The smallest absolute Gasteiger partial charge is 0.259 e. The molecule has 0 aliphatic heterocycles. The van der Waals surface area contributed by atoms with Crippen molar-refractivity contribution in [3.63, 3.8) is 0 Å². The van der Waals surface area contributed by atoms with Gasteiger partial charge < -0.3 is 26.7 Å². The Kier molecular flexibility index (Phi) is 5.41. The van der Waals surface area contributed by atoms with Crippen molar-refractivity contribution in [3.05, 3.63) is 46.3 Å². The number of allylic oxidation sites excluding steroid dienone is 1. The number of carbonyl (C=O) groups excluding carboxylic acids is 1. The largest absolute Gasteiger partial charge is 0.507 e. The van der Waals surface area contributed by atoms with E-state index in [2.05, 4.69) is 15.3 Å². The van der Waals surface area contributed by atoms with Crippen LogP contribution in [0.15, 0.2) is 29.2 Å². The third-order valence-electron chi connectivity index (χ3n) is 3.39. The summed E-state index contributed by atoms with van der Waals surface area (Å²) in [6, 6.07) is 1.77. The molecule has 0 radical (unpaired) electrons. The minimum absolute atomic E-state index is 0.0196. The summed E-state index contributed by atoms with van der Waals surface area (Å²) in [6.45, 7) is 2.86. The summed E-state index contributed by atoms with van der Waals surface area (Å²) >= 11 is 5.60. The molecule has 0 aliphatic carbocycles. The van der Waals surface area contributed by atoms with Crippen molar-refractivity contribution in [2.45, 2.75) is 13.8 Å². The molecule has 0 saturated carbocycles. The van der Waals surface area contributed by atoms with Gasteiger partial charge in [-0.25, -0.2) is 9.37 Å². The summed E-state index contributed by atoms with van der Waals surface area (Å²) in [5.74, 6) is -2.70. The SMILES string of the molecule is CC(=N)/C(NC(=O)c1cc(F)c(-c2cnc(C)c(O)n2)cc1O)=C(\N)Cl. The standard InChI is InChI=1S/C16H15ClFN5O3/c1-6(19)13(14(17)20)23-16(26)9-3-10(18)8(4-12(9)24)11-5-21-7(2)15(25)22-11/h3-5,19,24H,20H2,1-2H3,(H,22,25)(H,23,26)/b14-13+,19-6?. The van der Waals surface area contributed by atoms with E-state index in [0.717, 1.165) is 12.1 Å². The van der Waals surface area contributed by atoms with Crippen LogP contribution in [0.25, 0.3) is 11.3 Å². The number of aryl methyl sites for hydroxylation is 1. The zero-order chi connectivity index (χ0) is 19.6. The molecule has 0 unspecified atom stereocenters. The van der Waals surface area contributed by atoms with Crippen molar-refractivity contribution < 1.29 is 19.4 Å². The molecule has 1 heterocycles. The zero-order valence-electron chi connectivity index (χ0n) is 13.8. The van der Waals surface area contributed by atoms with Crippen LogP contribution in [0.3, 0.4) is 0 Å². The van der Waals surface area contributed by atoms with Gasteiger partial charge in [-0.05, 0) is 26.0 Å². The van der Waals surface area contributed by atoms with Gasteiger partial charge in [0.2, 0.25) is 5.88 Å². The number of carbonyl (C=O) groups is 1. The lowest BCUT2D eigenvalue weighted by Crippen LogP contribution is -2.28. The molecule has 26 heavy (non-hydrogen) atoms. The van der Waals surface area contributed by atoms with Gasteiger partial charge in [-0.3, -0.25) is 9.78 Å². The quantitative estimate of drug-likeness (QED) is 0.406. The summed E-state index contributed by atoms with van der Waals surface area (Å²) < 4.78 is 14.4. The van der Waals surface area contributed by atoms with E-state index >= 15 is 0 Å². The summed E-state index contributed by atoms with van der Waals surface area (Å²) in [7, 11) is 0. The number of amides is 1. The van der Waals surface area contributed by atoms with Crippen LogP contribution >= 0.6 is 11.6 Å². The maximum Gasteiger partial charge on any atom is 0.259 e. The molecule has 1 aromatic heterocycles. The highest BCUT2D eigenvalue weighted by atomic mass is 35.5. The lowest BCUT2D eigenvalue weighted by Gasteiger charge is -2.12. The third kappa shape index (κ3) is 3.89. The summed E-state index contributed by atoms with van der Waals surface area (Å²) in [6.07, 6.45) is 1.22. The molecule has 1 aromatic carbocycles. The van der Waals surface area contributed by atoms with Gasteiger partial charge in [0.05, 0.1) is 34.6 Å². The molecule has 10 heteroatoms. The number of phenolic OH excluding ortho intramolecular Hbond substituents is 1. The van der Waals surface area contributed by atoms with Gasteiger partial charge in [0.1, 0.15) is 16.7 Å². The van der Waals surface area contributed by atoms with Crippen molar-refractivity contribution in [1.29, 1.82) is 5.41 Å². The normalized spacial score (nSPS) is 11.7. The van der Waals surface area contributed by atoms with Gasteiger partial charge in [-0.2, -0.15) is 0 Å².